The lowest BCUT2D eigenvalue weighted by atomic mass is 9.86. The molecule has 180 valence electrons. The lowest BCUT2D eigenvalue weighted by Gasteiger charge is -2.17. The summed E-state index contributed by atoms with van der Waals surface area (Å²) in [5.74, 6) is -7.48. The van der Waals surface area contributed by atoms with Crippen molar-refractivity contribution < 1.29 is 42.9 Å². The summed E-state index contributed by atoms with van der Waals surface area (Å²) in [6.45, 7) is 0. The average molecular weight is 492 g/mol. The summed E-state index contributed by atoms with van der Waals surface area (Å²) >= 11 is 0. The van der Waals surface area contributed by atoms with Crippen LogP contribution in [-0.4, -0.2) is 33.2 Å². The van der Waals surface area contributed by atoms with Gasteiger partial charge < -0.3 is 15.3 Å². The van der Waals surface area contributed by atoms with E-state index >= 15 is 0 Å². The SMILES string of the molecule is O=C(O)c1ccc(-c2cccc(-c3ccc(C(=O)O)c(F)c3)c2-c2ccc(C(=O)O)c(F)c2)cc1F. The van der Waals surface area contributed by atoms with Crippen LogP contribution in [0.1, 0.15) is 31.1 Å². The molecule has 0 aliphatic rings. The van der Waals surface area contributed by atoms with Crippen molar-refractivity contribution in [3.8, 4) is 33.4 Å². The average Bonchev–Trinajstić information content (AvgIpc) is 2.82. The maximum absolute atomic E-state index is 14.6. The van der Waals surface area contributed by atoms with Crippen molar-refractivity contribution in [3.63, 3.8) is 0 Å². The van der Waals surface area contributed by atoms with Gasteiger partial charge in [0, 0.05) is 0 Å². The predicted molar refractivity (Wildman–Crippen MR) is 124 cm³/mol. The molecule has 3 N–H and O–H groups in total. The number of aromatic carboxylic acids is 3. The minimum atomic E-state index is -1.48. The zero-order chi connectivity index (χ0) is 26.1. The summed E-state index contributed by atoms with van der Waals surface area (Å²) in [7, 11) is 0. The molecule has 0 saturated carbocycles. The van der Waals surface area contributed by atoms with E-state index in [-0.39, 0.29) is 22.3 Å². The molecule has 0 heterocycles. The molecule has 0 fully saturated rings. The van der Waals surface area contributed by atoms with Gasteiger partial charge in [-0.3, -0.25) is 0 Å². The zero-order valence-electron chi connectivity index (χ0n) is 18.1. The highest BCUT2D eigenvalue weighted by Gasteiger charge is 2.20. The van der Waals surface area contributed by atoms with E-state index in [1.165, 1.54) is 18.2 Å². The first-order valence-corrected chi connectivity index (χ1v) is 10.3. The second-order valence-corrected chi connectivity index (χ2v) is 7.73. The van der Waals surface area contributed by atoms with E-state index in [2.05, 4.69) is 0 Å². The fraction of sp³-hybridized carbons (Fsp3) is 0. The summed E-state index contributed by atoms with van der Waals surface area (Å²) in [5, 5.41) is 27.4. The van der Waals surface area contributed by atoms with Gasteiger partial charge in [-0.2, -0.15) is 0 Å². The van der Waals surface area contributed by atoms with Crippen LogP contribution in [0.25, 0.3) is 33.4 Å². The molecule has 4 rings (SSSR count). The highest BCUT2D eigenvalue weighted by Crippen LogP contribution is 2.41. The highest BCUT2D eigenvalue weighted by atomic mass is 19.1. The topological polar surface area (TPSA) is 112 Å². The largest absolute Gasteiger partial charge is 0.478 e. The van der Waals surface area contributed by atoms with Crippen LogP contribution in [0.4, 0.5) is 13.2 Å². The summed E-state index contributed by atoms with van der Waals surface area (Å²) in [5.41, 5.74) is -0.181. The van der Waals surface area contributed by atoms with Crippen LogP contribution >= 0.6 is 0 Å². The lowest BCUT2D eigenvalue weighted by Crippen LogP contribution is -2.02. The van der Waals surface area contributed by atoms with Crippen LogP contribution in [-0.2, 0) is 0 Å². The second-order valence-electron chi connectivity index (χ2n) is 7.73. The van der Waals surface area contributed by atoms with E-state index < -0.39 is 52.0 Å². The molecule has 0 aliphatic heterocycles. The Kier molecular flexibility index (Phi) is 6.31. The van der Waals surface area contributed by atoms with Gasteiger partial charge in [0.05, 0.1) is 16.7 Å². The number of carboxylic acid groups (broad SMARTS) is 3. The maximum atomic E-state index is 14.6. The summed E-state index contributed by atoms with van der Waals surface area (Å²) < 4.78 is 43.7. The molecule has 0 aromatic heterocycles. The molecule has 0 amide bonds. The van der Waals surface area contributed by atoms with Crippen molar-refractivity contribution >= 4 is 17.9 Å². The molecule has 0 atom stereocenters. The van der Waals surface area contributed by atoms with Crippen molar-refractivity contribution in [1.82, 2.24) is 0 Å². The van der Waals surface area contributed by atoms with E-state index in [9.17, 15) is 32.7 Å². The van der Waals surface area contributed by atoms with E-state index in [4.69, 9.17) is 10.2 Å². The fourth-order valence-corrected chi connectivity index (χ4v) is 3.90. The maximum Gasteiger partial charge on any atom is 0.338 e. The van der Waals surface area contributed by atoms with Crippen molar-refractivity contribution in [2.24, 2.45) is 0 Å². The zero-order valence-corrected chi connectivity index (χ0v) is 18.1. The molecule has 0 aliphatic carbocycles. The number of benzene rings is 4. The van der Waals surface area contributed by atoms with Crippen LogP contribution < -0.4 is 0 Å². The Balaban J connectivity index is 2.02. The molecule has 0 spiro atoms. The summed E-state index contributed by atoms with van der Waals surface area (Å²) in [6, 6.07) is 14.8. The Bertz CT molecular complexity index is 1480. The molecule has 0 bridgehead atoms. The molecule has 4 aromatic carbocycles. The van der Waals surface area contributed by atoms with Crippen LogP contribution in [0.3, 0.4) is 0 Å². The van der Waals surface area contributed by atoms with Crippen LogP contribution in [0.2, 0.25) is 0 Å². The van der Waals surface area contributed by atoms with Crippen molar-refractivity contribution in [2.45, 2.75) is 0 Å². The van der Waals surface area contributed by atoms with E-state index in [0.717, 1.165) is 36.4 Å². The first-order valence-electron chi connectivity index (χ1n) is 10.3. The smallest absolute Gasteiger partial charge is 0.338 e. The Hall–Kier alpha value is -4.92. The summed E-state index contributed by atoms with van der Waals surface area (Å²) in [4.78, 5) is 33.7. The fourth-order valence-electron chi connectivity index (χ4n) is 3.90. The van der Waals surface area contributed by atoms with Gasteiger partial charge in [-0.25, -0.2) is 27.6 Å². The quantitative estimate of drug-likeness (QED) is 0.296. The van der Waals surface area contributed by atoms with Gasteiger partial charge in [-0.15, -0.1) is 0 Å². The van der Waals surface area contributed by atoms with Gasteiger partial charge in [0.15, 0.2) is 0 Å². The van der Waals surface area contributed by atoms with Gasteiger partial charge in [-0.1, -0.05) is 36.4 Å². The van der Waals surface area contributed by atoms with E-state index in [1.54, 1.807) is 18.2 Å². The monoisotopic (exact) mass is 492 g/mol. The molecule has 6 nitrogen and oxygen atoms in total. The van der Waals surface area contributed by atoms with Crippen molar-refractivity contribution in [3.05, 3.63) is 107 Å². The van der Waals surface area contributed by atoms with E-state index in [1.807, 2.05) is 0 Å². The minimum absolute atomic E-state index is 0.175. The lowest BCUT2D eigenvalue weighted by molar-refractivity contribution is 0.0680. The van der Waals surface area contributed by atoms with E-state index in [0.29, 0.717) is 11.1 Å². The third-order valence-electron chi connectivity index (χ3n) is 5.57. The second kappa shape index (κ2) is 9.38. The first kappa shape index (κ1) is 24.2. The van der Waals surface area contributed by atoms with Gasteiger partial charge in [0.25, 0.3) is 0 Å². The number of rotatable bonds is 6. The number of hydrogen-bond donors (Lipinski definition) is 3. The van der Waals surface area contributed by atoms with Gasteiger partial charge in [0.1, 0.15) is 17.5 Å². The Labute approximate surface area is 201 Å². The third-order valence-corrected chi connectivity index (χ3v) is 5.57. The van der Waals surface area contributed by atoms with Gasteiger partial charge >= 0.3 is 17.9 Å². The molecule has 0 saturated heterocycles. The summed E-state index contributed by atoms with van der Waals surface area (Å²) in [6.07, 6.45) is 0. The number of carbonyl (C=O) groups is 3. The standard InChI is InChI=1S/C27H15F3O6/c28-21-10-13(4-7-18(21)25(31)32)16-2-1-3-17(14-5-8-19(26(33)34)22(29)11-14)24(16)15-6-9-20(27(35)36)23(30)12-15/h1-12H,(H,31,32)(H,33,34)(H,35,36). The van der Waals surface area contributed by atoms with Crippen molar-refractivity contribution in [2.75, 3.05) is 0 Å². The molecule has 9 heteroatoms. The predicted octanol–water partition coefficient (Wildman–Crippen LogP) is 6.20. The highest BCUT2D eigenvalue weighted by molar-refractivity contribution is 5.97. The molecular formula is C27H15F3O6. The third kappa shape index (κ3) is 4.41. The van der Waals surface area contributed by atoms with Crippen LogP contribution in [0.5, 0.6) is 0 Å². The minimum Gasteiger partial charge on any atom is -0.478 e. The number of halogens is 3. The van der Waals surface area contributed by atoms with Crippen LogP contribution in [0.15, 0.2) is 72.8 Å². The van der Waals surface area contributed by atoms with Crippen LogP contribution in [0, 0.1) is 17.5 Å². The molecule has 0 radical (unpaired) electrons. The number of hydrogen-bond acceptors (Lipinski definition) is 3. The van der Waals surface area contributed by atoms with Crippen molar-refractivity contribution in [1.29, 1.82) is 0 Å². The first-order chi connectivity index (χ1) is 17.1. The van der Waals surface area contributed by atoms with Gasteiger partial charge in [0.2, 0.25) is 0 Å². The molecule has 4 aromatic rings. The Morgan fingerprint density at radius 2 is 0.833 bits per heavy atom. The Morgan fingerprint density at radius 1 is 0.500 bits per heavy atom. The number of carboxylic acids is 3. The Morgan fingerprint density at radius 3 is 1.17 bits per heavy atom. The normalized spacial score (nSPS) is 10.8. The molecule has 36 heavy (non-hydrogen) atoms. The van der Waals surface area contributed by atoms with Gasteiger partial charge in [-0.05, 0) is 69.8 Å². The molecular weight excluding hydrogens is 477 g/mol. The molecule has 0 unspecified atom stereocenters.